The molecule has 4 aromatic rings. The summed E-state index contributed by atoms with van der Waals surface area (Å²) in [7, 11) is 0. The van der Waals surface area contributed by atoms with Gasteiger partial charge >= 0.3 is 0 Å². The number of nitrogens with zero attached hydrogens (tertiary/aromatic N) is 2. The number of nitro groups is 1. The lowest BCUT2D eigenvalue weighted by Crippen LogP contribution is -2.09. The summed E-state index contributed by atoms with van der Waals surface area (Å²) in [5.74, 6) is 0.247. The van der Waals surface area contributed by atoms with E-state index in [1.54, 1.807) is 24.3 Å². The normalized spacial score (nSPS) is 11.0. The van der Waals surface area contributed by atoms with Crippen molar-refractivity contribution in [3.63, 3.8) is 0 Å². The lowest BCUT2D eigenvalue weighted by molar-refractivity contribution is -0.385. The number of carbonyl (C=O) groups excluding carboxylic acids is 1. The lowest BCUT2D eigenvalue weighted by Gasteiger charge is -2.07. The van der Waals surface area contributed by atoms with Crippen molar-refractivity contribution in [3.05, 3.63) is 94.6 Å². The molecule has 0 spiro atoms. The van der Waals surface area contributed by atoms with Gasteiger partial charge in [-0.15, -0.1) is 0 Å². The first-order chi connectivity index (χ1) is 14.1. The number of benzene rings is 3. The molecular weight excluding hydrogens is 368 g/mol. The van der Waals surface area contributed by atoms with Crippen LogP contribution in [0, 0.1) is 10.1 Å². The molecule has 0 saturated carbocycles. The van der Waals surface area contributed by atoms with Gasteiger partial charge in [0.2, 0.25) is 5.91 Å². The van der Waals surface area contributed by atoms with Crippen molar-refractivity contribution < 1.29 is 9.72 Å². The van der Waals surface area contributed by atoms with Crippen LogP contribution in [0.2, 0.25) is 0 Å². The second-order valence-electron chi connectivity index (χ2n) is 6.29. The quantitative estimate of drug-likeness (QED) is 0.293. The smallest absolute Gasteiger partial charge is 0.276 e. The molecule has 4 rings (SSSR count). The van der Waals surface area contributed by atoms with E-state index >= 15 is 0 Å². The minimum atomic E-state index is -0.478. The maximum Gasteiger partial charge on any atom is 0.276 e. The number of fused-ring (bicyclic) bond motifs is 1. The number of hydrogen-bond acceptors (Lipinski definition) is 4. The third-order valence-electron chi connectivity index (χ3n) is 4.38. The Hall–Kier alpha value is -4.26. The molecule has 0 radical (unpaired) electrons. The molecular formula is C22H16N4O3. The Morgan fingerprint density at radius 1 is 1.00 bits per heavy atom. The monoisotopic (exact) mass is 384 g/mol. The summed E-state index contributed by atoms with van der Waals surface area (Å²) in [6.07, 6.45) is 2.70. The van der Waals surface area contributed by atoms with Gasteiger partial charge in [0, 0.05) is 17.7 Å². The molecule has 1 amide bonds. The number of rotatable bonds is 5. The minimum absolute atomic E-state index is 0.0563. The highest BCUT2D eigenvalue weighted by Crippen LogP contribution is 2.27. The summed E-state index contributed by atoms with van der Waals surface area (Å²) < 4.78 is 0. The van der Waals surface area contributed by atoms with Crippen LogP contribution in [-0.4, -0.2) is 20.8 Å². The summed E-state index contributed by atoms with van der Waals surface area (Å²) in [6.45, 7) is 0. The molecule has 0 atom stereocenters. The van der Waals surface area contributed by atoms with E-state index in [4.69, 9.17) is 0 Å². The van der Waals surface area contributed by atoms with Gasteiger partial charge in [0.1, 0.15) is 5.82 Å². The molecule has 0 saturated heterocycles. The predicted octanol–water partition coefficient (Wildman–Crippen LogP) is 4.79. The number of H-pyrrole nitrogens is 1. The topological polar surface area (TPSA) is 101 Å². The Bertz CT molecular complexity index is 1210. The second kappa shape index (κ2) is 7.77. The van der Waals surface area contributed by atoms with Crippen molar-refractivity contribution in [2.24, 2.45) is 0 Å². The molecule has 0 aliphatic heterocycles. The zero-order valence-corrected chi connectivity index (χ0v) is 15.2. The third-order valence-corrected chi connectivity index (χ3v) is 4.38. The Kier molecular flexibility index (Phi) is 4.86. The molecule has 0 fully saturated rings. The van der Waals surface area contributed by atoms with Crippen molar-refractivity contribution in [1.82, 2.24) is 9.97 Å². The summed E-state index contributed by atoms with van der Waals surface area (Å²) in [6, 6.07) is 21.2. The van der Waals surface area contributed by atoms with Gasteiger partial charge < -0.3 is 10.3 Å². The Labute approximate surface area is 165 Å². The number of nitrogens with one attached hydrogen (secondary N) is 2. The number of nitro benzene ring substituents is 1. The molecule has 29 heavy (non-hydrogen) atoms. The maximum atomic E-state index is 12.4. The third kappa shape index (κ3) is 3.89. The van der Waals surface area contributed by atoms with Gasteiger partial charge in [-0.2, -0.15) is 0 Å². The molecule has 7 heteroatoms. The standard InChI is InChI=1S/C22H16N4O3/c27-21(14-13-15-7-1-6-12-20(15)26(28)29)23-17-9-3-2-8-16(17)22-24-18-10-4-5-11-19(18)25-22/h1-14H,(H,23,27)(H,24,25). The van der Waals surface area contributed by atoms with E-state index in [-0.39, 0.29) is 5.69 Å². The highest BCUT2D eigenvalue weighted by molar-refractivity contribution is 6.04. The Balaban J connectivity index is 1.59. The fourth-order valence-electron chi connectivity index (χ4n) is 3.01. The van der Waals surface area contributed by atoms with E-state index in [0.29, 0.717) is 17.1 Å². The predicted molar refractivity (Wildman–Crippen MR) is 112 cm³/mol. The van der Waals surface area contributed by atoms with E-state index in [1.807, 2.05) is 42.5 Å². The van der Waals surface area contributed by atoms with Crippen LogP contribution in [0.5, 0.6) is 0 Å². The van der Waals surface area contributed by atoms with Crippen LogP contribution >= 0.6 is 0 Å². The zero-order valence-electron chi connectivity index (χ0n) is 15.2. The number of carbonyl (C=O) groups is 1. The van der Waals surface area contributed by atoms with Gasteiger partial charge in [-0.1, -0.05) is 36.4 Å². The fourth-order valence-corrected chi connectivity index (χ4v) is 3.01. The molecule has 0 aliphatic rings. The zero-order chi connectivity index (χ0) is 20.2. The molecule has 0 aliphatic carbocycles. The van der Waals surface area contributed by atoms with Crippen LogP contribution in [0.25, 0.3) is 28.5 Å². The first-order valence-electron chi connectivity index (χ1n) is 8.88. The van der Waals surface area contributed by atoms with E-state index < -0.39 is 10.8 Å². The van der Waals surface area contributed by atoms with Gasteiger partial charge in [-0.25, -0.2) is 4.98 Å². The van der Waals surface area contributed by atoms with Crippen molar-refractivity contribution in [2.75, 3.05) is 5.32 Å². The van der Waals surface area contributed by atoms with Crippen molar-refractivity contribution in [3.8, 4) is 11.4 Å². The SMILES string of the molecule is O=C(C=Cc1ccccc1[N+](=O)[O-])Nc1ccccc1-c1nc2ccccc2[nH]1. The molecule has 0 bridgehead atoms. The van der Waals surface area contributed by atoms with E-state index in [2.05, 4.69) is 15.3 Å². The number of imidazole rings is 1. The van der Waals surface area contributed by atoms with Crippen LogP contribution in [0.15, 0.2) is 78.9 Å². The van der Waals surface area contributed by atoms with Crippen molar-refractivity contribution in [2.45, 2.75) is 0 Å². The number of aromatic amines is 1. The van der Waals surface area contributed by atoms with Gasteiger partial charge in [0.05, 0.1) is 27.2 Å². The Morgan fingerprint density at radius 2 is 1.72 bits per heavy atom. The van der Waals surface area contributed by atoms with E-state index in [9.17, 15) is 14.9 Å². The van der Waals surface area contributed by atoms with Crippen LogP contribution in [0.3, 0.4) is 0 Å². The average molecular weight is 384 g/mol. The maximum absolute atomic E-state index is 12.4. The largest absolute Gasteiger partial charge is 0.338 e. The molecule has 3 aromatic carbocycles. The first-order valence-corrected chi connectivity index (χ1v) is 8.88. The number of para-hydroxylation sites is 4. The van der Waals surface area contributed by atoms with Crippen LogP contribution in [0.4, 0.5) is 11.4 Å². The van der Waals surface area contributed by atoms with Crippen molar-refractivity contribution >= 4 is 34.4 Å². The first kappa shape index (κ1) is 18.1. The lowest BCUT2D eigenvalue weighted by atomic mass is 10.1. The molecule has 2 N–H and O–H groups in total. The molecule has 0 unspecified atom stereocenters. The molecule has 1 heterocycles. The van der Waals surface area contributed by atoms with Gasteiger partial charge in [-0.05, 0) is 36.4 Å². The van der Waals surface area contributed by atoms with Crippen LogP contribution < -0.4 is 5.32 Å². The summed E-state index contributed by atoms with van der Waals surface area (Å²) >= 11 is 0. The number of anilines is 1. The number of aromatic nitrogens is 2. The summed E-state index contributed by atoms with van der Waals surface area (Å²) in [5, 5.41) is 13.9. The summed E-state index contributed by atoms with van der Waals surface area (Å²) in [5.41, 5.74) is 3.37. The van der Waals surface area contributed by atoms with Gasteiger partial charge in [0.25, 0.3) is 5.69 Å². The van der Waals surface area contributed by atoms with E-state index in [0.717, 1.165) is 16.6 Å². The van der Waals surface area contributed by atoms with Crippen LogP contribution in [0.1, 0.15) is 5.56 Å². The average Bonchev–Trinajstić information content (AvgIpc) is 3.17. The minimum Gasteiger partial charge on any atom is -0.338 e. The van der Waals surface area contributed by atoms with Gasteiger partial charge in [0.15, 0.2) is 0 Å². The fraction of sp³-hybridized carbons (Fsp3) is 0. The van der Waals surface area contributed by atoms with Gasteiger partial charge in [-0.3, -0.25) is 14.9 Å². The molecule has 1 aromatic heterocycles. The Morgan fingerprint density at radius 3 is 2.55 bits per heavy atom. The second-order valence-corrected chi connectivity index (χ2v) is 6.29. The number of amides is 1. The summed E-state index contributed by atoms with van der Waals surface area (Å²) in [4.78, 5) is 30.9. The number of hydrogen-bond donors (Lipinski definition) is 2. The highest BCUT2D eigenvalue weighted by atomic mass is 16.6. The van der Waals surface area contributed by atoms with Crippen LogP contribution in [-0.2, 0) is 4.79 Å². The highest BCUT2D eigenvalue weighted by Gasteiger charge is 2.12. The van der Waals surface area contributed by atoms with Crippen molar-refractivity contribution in [1.29, 1.82) is 0 Å². The molecule has 142 valence electrons. The van der Waals surface area contributed by atoms with E-state index in [1.165, 1.54) is 18.2 Å². The molecule has 7 nitrogen and oxygen atoms in total.